The first-order chi connectivity index (χ1) is 8.63. The van der Waals surface area contributed by atoms with Gasteiger partial charge >= 0.3 is 0 Å². The molecular formula is C14H20N2OS. The van der Waals surface area contributed by atoms with Gasteiger partial charge < -0.3 is 10.2 Å². The zero-order valence-electron chi connectivity index (χ0n) is 11.1. The monoisotopic (exact) mass is 264 g/mol. The van der Waals surface area contributed by atoms with Crippen molar-refractivity contribution in [2.45, 2.75) is 24.5 Å². The molecule has 0 radical (unpaired) electrons. The maximum absolute atomic E-state index is 12.1. The molecule has 1 aliphatic rings. The van der Waals surface area contributed by atoms with Gasteiger partial charge in [-0.25, -0.2) is 0 Å². The zero-order valence-corrected chi connectivity index (χ0v) is 12.0. The second-order valence-electron chi connectivity index (χ2n) is 4.68. The van der Waals surface area contributed by atoms with Crippen LogP contribution >= 0.6 is 11.8 Å². The van der Waals surface area contributed by atoms with Crippen molar-refractivity contribution in [3.63, 3.8) is 0 Å². The predicted octanol–water partition coefficient (Wildman–Crippen LogP) is 2.18. The highest BCUT2D eigenvalue weighted by molar-refractivity contribution is 8.01. The van der Waals surface area contributed by atoms with Gasteiger partial charge in [-0.2, -0.15) is 0 Å². The largest absolute Gasteiger partial charge is 0.324 e. The van der Waals surface area contributed by atoms with E-state index in [-0.39, 0.29) is 16.5 Å². The Hall–Kier alpha value is -1.00. The Morgan fingerprint density at radius 1 is 1.33 bits per heavy atom. The van der Waals surface area contributed by atoms with Crippen LogP contribution in [0.25, 0.3) is 0 Å². The third kappa shape index (κ3) is 2.70. The van der Waals surface area contributed by atoms with Gasteiger partial charge in [0.25, 0.3) is 0 Å². The van der Waals surface area contributed by atoms with E-state index in [0.29, 0.717) is 0 Å². The number of benzene rings is 1. The second-order valence-corrected chi connectivity index (χ2v) is 6.10. The summed E-state index contributed by atoms with van der Waals surface area (Å²) in [6.07, 6.45) is 0. The van der Waals surface area contributed by atoms with Crippen LogP contribution in [0.5, 0.6) is 0 Å². The summed E-state index contributed by atoms with van der Waals surface area (Å²) in [7, 11) is 1.91. The molecule has 0 unspecified atom stereocenters. The lowest BCUT2D eigenvalue weighted by Gasteiger charge is -2.24. The van der Waals surface area contributed by atoms with Crippen molar-refractivity contribution in [3.8, 4) is 0 Å². The summed E-state index contributed by atoms with van der Waals surface area (Å²) in [5.41, 5.74) is 2.47. The molecule has 3 nitrogen and oxygen atoms in total. The number of nitrogens with zero attached hydrogens (tertiary/aromatic N) is 1. The van der Waals surface area contributed by atoms with Crippen molar-refractivity contribution >= 4 is 17.7 Å². The molecule has 1 amide bonds. The molecule has 1 fully saturated rings. The van der Waals surface area contributed by atoms with Crippen molar-refractivity contribution in [1.29, 1.82) is 0 Å². The molecule has 1 aromatic rings. The van der Waals surface area contributed by atoms with Crippen molar-refractivity contribution < 1.29 is 4.79 Å². The van der Waals surface area contributed by atoms with Gasteiger partial charge in [-0.15, -0.1) is 11.8 Å². The average molecular weight is 264 g/mol. The van der Waals surface area contributed by atoms with Crippen LogP contribution < -0.4 is 5.32 Å². The number of carbonyl (C=O) groups excluding carboxylic acids is 1. The molecular weight excluding hydrogens is 244 g/mol. The third-order valence-corrected chi connectivity index (χ3v) is 4.61. The van der Waals surface area contributed by atoms with Gasteiger partial charge in [0, 0.05) is 13.1 Å². The van der Waals surface area contributed by atoms with Crippen molar-refractivity contribution in [3.05, 3.63) is 35.4 Å². The Bertz CT molecular complexity index is 418. The molecule has 4 heteroatoms. The third-order valence-electron chi connectivity index (χ3n) is 3.21. The van der Waals surface area contributed by atoms with E-state index in [0.717, 1.165) is 13.1 Å². The van der Waals surface area contributed by atoms with E-state index in [1.165, 1.54) is 11.1 Å². The van der Waals surface area contributed by atoms with Crippen LogP contribution in [0.1, 0.15) is 23.4 Å². The number of hydrogen-bond acceptors (Lipinski definition) is 3. The summed E-state index contributed by atoms with van der Waals surface area (Å²) in [5, 5.41) is 3.34. The normalized spacial score (nSPS) is 23.7. The maximum atomic E-state index is 12.1. The first kappa shape index (κ1) is 13.4. The average Bonchev–Trinajstić information content (AvgIpc) is 2.64. The SMILES string of the molecule is CNCCN1C(=O)[C@@H](C)S[C@@H]1c1ccc(C)cc1. The molecule has 1 aromatic carbocycles. The van der Waals surface area contributed by atoms with Gasteiger partial charge in [0.2, 0.25) is 5.91 Å². The van der Waals surface area contributed by atoms with E-state index < -0.39 is 0 Å². The highest BCUT2D eigenvalue weighted by Gasteiger charge is 2.37. The quantitative estimate of drug-likeness (QED) is 0.904. The summed E-state index contributed by atoms with van der Waals surface area (Å²) >= 11 is 1.74. The summed E-state index contributed by atoms with van der Waals surface area (Å²) in [4.78, 5) is 14.1. The van der Waals surface area contributed by atoms with Crippen molar-refractivity contribution in [2.24, 2.45) is 0 Å². The fourth-order valence-corrected chi connectivity index (χ4v) is 3.43. The van der Waals surface area contributed by atoms with Gasteiger partial charge in [0.1, 0.15) is 5.37 Å². The lowest BCUT2D eigenvalue weighted by molar-refractivity contribution is -0.129. The van der Waals surface area contributed by atoms with Gasteiger partial charge in [0.05, 0.1) is 5.25 Å². The molecule has 0 bridgehead atoms. The molecule has 1 heterocycles. The molecule has 2 atom stereocenters. The zero-order chi connectivity index (χ0) is 13.1. The summed E-state index contributed by atoms with van der Waals surface area (Å²) < 4.78 is 0. The van der Waals surface area contributed by atoms with Gasteiger partial charge in [-0.1, -0.05) is 29.8 Å². The number of thioether (sulfide) groups is 1. The van der Waals surface area contributed by atoms with Crippen LogP contribution in [0, 0.1) is 6.92 Å². The molecule has 0 aliphatic carbocycles. The molecule has 1 N–H and O–H groups in total. The van der Waals surface area contributed by atoms with Gasteiger partial charge in [0.15, 0.2) is 0 Å². The smallest absolute Gasteiger partial charge is 0.236 e. The lowest BCUT2D eigenvalue weighted by Crippen LogP contribution is -2.35. The maximum Gasteiger partial charge on any atom is 0.236 e. The van der Waals surface area contributed by atoms with E-state index in [4.69, 9.17) is 0 Å². The molecule has 0 saturated carbocycles. The van der Waals surface area contributed by atoms with Crippen LogP contribution in [0.3, 0.4) is 0 Å². The Kier molecular flexibility index (Phi) is 4.30. The summed E-state index contributed by atoms with van der Waals surface area (Å²) in [6.45, 7) is 5.68. The minimum atomic E-state index is 0.0631. The van der Waals surface area contributed by atoms with Gasteiger partial charge in [-0.3, -0.25) is 4.79 Å². The molecule has 0 aromatic heterocycles. The minimum absolute atomic E-state index is 0.0631. The molecule has 1 aliphatic heterocycles. The van der Waals surface area contributed by atoms with Crippen LogP contribution in [-0.2, 0) is 4.79 Å². The molecule has 1 saturated heterocycles. The predicted molar refractivity (Wildman–Crippen MR) is 76.6 cm³/mol. The van der Waals surface area contributed by atoms with Crippen LogP contribution in [0.2, 0.25) is 0 Å². The summed E-state index contributed by atoms with van der Waals surface area (Å²) in [6, 6.07) is 8.48. The van der Waals surface area contributed by atoms with E-state index in [1.54, 1.807) is 11.8 Å². The Balaban J connectivity index is 2.19. The van der Waals surface area contributed by atoms with Crippen molar-refractivity contribution in [1.82, 2.24) is 10.2 Å². The van der Waals surface area contributed by atoms with Crippen LogP contribution in [0.4, 0.5) is 0 Å². The number of likely N-dealkylation sites (N-methyl/N-ethyl adjacent to an activating group) is 1. The second kappa shape index (κ2) is 5.76. The Labute approximate surface area is 113 Å². The number of rotatable bonds is 4. The Morgan fingerprint density at radius 2 is 2.00 bits per heavy atom. The summed E-state index contributed by atoms with van der Waals surface area (Å²) in [5.74, 6) is 0.251. The van der Waals surface area contributed by atoms with Crippen molar-refractivity contribution in [2.75, 3.05) is 20.1 Å². The number of aryl methyl sites for hydroxylation is 1. The number of hydrogen-bond donors (Lipinski definition) is 1. The topological polar surface area (TPSA) is 32.3 Å². The molecule has 0 spiro atoms. The number of nitrogens with one attached hydrogen (secondary N) is 1. The fourth-order valence-electron chi connectivity index (χ4n) is 2.12. The van der Waals surface area contributed by atoms with Crippen LogP contribution in [0.15, 0.2) is 24.3 Å². The van der Waals surface area contributed by atoms with E-state index in [2.05, 4.69) is 36.5 Å². The van der Waals surface area contributed by atoms with E-state index in [1.807, 2.05) is 18.9 Å². The molecule has 18 heavy (non-hydrogen) atoms. The molecule has 2 rings (SSSR count). The first-order valence-electron chi connectivity index (χ1n) is 6.30. The Morgan fingerprint density at radius 3 is 2.61 bits per heavy atom. The highest BCUT2D eigenvalue weighted by atomic mass is 32.2. The van der Waals surface area contributed by atoms with E-state index >= 15 is 0 Å². The van der Waals surface area contributed by atoms with Crippen LogP contribution in [-0.4, -0.2) is 36.2 Å². The highest BCUT2D eigenvalue weighted by Crippen LogP contribution is 2.42. The number of amides is 1. The molecule has 98 valence electrons. The minimum Gasteiger partial charge on any atom is -0.324 e. The lowest BCUT2D eigenvalue weighted by atomic mass is 10.1. The fraction of sp³-hybridized carbons (Fsp3) is 0.500. The standard InChI is InChI=1S/C14H20N2OS/c1-10-4-6-12(7-5-10)14-16(9-8-15-3)13(17)11(2)18-14/h4-7,11,14-15H,8-9H2,1-3H3/t11-,14-/m1/s1. The first-order valence-corrected chi connectivity index (χ1v) is 7.25. The van der Waals surface area contributed by atoms with Gasteiger partial charge in [-0.05, 0) is 26.5 Å². The van der Waals surface area contributed by atoms with E-state index in [9.17, 15) is 4.79 Å². The number of carbonyl (C=O) groups is 1.